The first kappa shape index (κ1) is 18.3. The molecule has 2 unspecified atom stereocenters. The van der Waals surface area contributed by atoms with Crippen molar-refractivity contribution in [1.82, 2.24) is 5.32 Å². The van der Waals surface area contributed by atoms with Crippen LogP contribution in [0.1, 0.15) is 39.9 Å². The summed E-state index contributed by atoms with van der Waals surface area (Å²) in [5.41, 5.74) is 3.78. The molecule has 0 aliphatic carbocycles. The van der Waals surface area contributed by atoms with E-state index in [0.29, 0.717) is 24.5 Å². The lowest BCUT2D eigenvalue weighted by molar-refractivity contribution is 0.0958. The van der Waals surface area contributed by atoms with E-state index in [1.165, 1.54) is 0 Å². The zero-order chi connectivity index (χ0) is 18.7. The molecule has 5 nitrogen and oxygen atoms in total. The second-order valence-electron chi connectivity index (χ2n) is 6.52. The summed E-state index contributed by atoms with van der Waals surface area (Å²) in [4.78, 5) is 12.3. The number of carbonyl (C=O) groups is 1. The van der Waals surface area contributed by atoms with Gasteiger partial charge in [0.25, 0.3) is 5.91 Å². The van der Waals surface area contributed by atoms with Crippen LogP contribution in [0, 0.1) is 6.92 Å². The predicted molar refractivity (Wildman–Crippen MR) is 100 cm³/mol. The van der Waals surface area contributed by atoms with Crippen LogP contribution < -0.4 is 14.8 Å². The van der Waals surface area contributed by atoms with Crippen molar-refractivity contribution in [2.45, 2.75) is 25.9 Å². The molecule has 5 heteroatoms. The van der Waals surface area contributed by atoms with Crippen LogP contribution in [0.4, 0.5) is 0 Å². The van der Waals surface area contributed by atoms with Gasteiger partial charge in [0, 0.05) is 25.6 Å². The molecule has 1 N–H and O–H groups in total. The number of aryl methyl sites for hydroxylation is 1. The van der Waals surface area contributed by atoms with Gasteiger partial charge in [0.05, 0.1) is 12.2 Å². The quantitative estimate of drug-likeness (QED) is 0.808. The molecule has 3 rings (SSSR count). The number of fused-ring (bicyclic) bond motifs is 1. The molecule has 1 aliphatic heterocycles. The lowest BCUT2D eigenvalue weighted by atomic mass is 9.87. The molecule has 1 amide bonds. The van der Waals surface area contributed by atoms with Crippen LogP contribution in [-0.2, 0) is 4.74 Å². The van der Waals surface area contributed by atoms with Crippen molar-refractivity contribution in [2.75, 3.05) is 27.4 Å². The first-order chi connectivity index (χ1) is 12.5. The maximum atomic E-state index is 12.3. The molecule has 0 radical (unpaired) electrons. The maximum Gasteiger partial charge on any atom is 0.254 e. The molecule has 1 heterocycles. The Morgan fingerprint density at radius 3 is 2.77 bits per heavy atom. The summed E-state index contributed by atoms with van der Waals surface area (Å²) in [7, 11) is 3.29. The van der Waals surface area contributed by atoms with Crippen molar-refractivity contribution >= 4 is 5.91 Å². The minimum Gasteiger partial charge on any atom is -0.491 e. The Balaban J connectivity index is 1.98. The lowest BCUT2D eigenvalue weighted by Gasteiger charge is -2.17. The molecule has 2 atom stereocenters. The highest BCUT2D eigenvalue weighted by molar-refractivity contribution is 5.97. The Hall–Kier alpha value is -2.53. The molecule has 1 aliphatic rings. The lowest BCUT2D eigenvalue weighted by Crippen LogP contribution is -2.19. The van der Waals surface area contributed by atoms with Gasteiger partial charge in [-0.2, -0.15) is 0 Å². The fraction of sp³-hybridized carbons (Fsp3) is 0.381. The Morgan fingerprint density at radius 1 is 1.23 bits per heavy atom. The molecule has 0 bridgehead atoms. The molecule has 0 spiro atoms. The first-order valence-electron chi connectivity index (χ1n) is 8.80. The molecule has 0 saturated heterocycles. The van der Waals surface area contributed by atoms with Crippen LogP contribution in [0.5, 0.6) is 11.5 Å². The van der Waals surface area contributed by atoms with Crippen molar-refractivity contribution in [2.24, 2.45) is 0 Å². The van der Waals surface area contributed by atoms with E-state index in [9.17, 15) is 4.79 Å². The van der Waals surface area contributed by atoms with E-state index in [1.54, 1.807) is 14.2 Å². The third kappa shape index (κ3) is 3.53. The standard InChI is InChI=1S/C21H25NO4/c1-13-10-17-19(14(2)26-20(17)18(11-13)21(23)22-3)15-6-5-7-16(12-15)25-9-8-24-4/h5-7,10-12,14,19H,8-9H2,1-4H3,(H,22,23). The van der Waals surface area contributed by atoms with E-state index < -0.39 is 0 Å². The van der Waals surface area contributed by atoms with Crippen LogP contribution in [0.25, 0.3) is 0 Å². The molecule has 0 aromatic heterocycles. The molecule has 0 fully saturated rings. The van der Waals surface area contributed by atoms with Gasteiger partial charge in [-0.05, 0) is 43.2 Å². The van der Waals surface area contributed by atoms with Gasteiger partial charge in [-0.1, -0.05) is 18.2 Å². The predicted octanol–water partition coefficient (Wildman–Crippen LogP) is 3.29. The van der Waals surface area contributed by atoms with Crippen molar-refractivity contribution in [3.63, 3.8) is 0 Å². The highest BCUT2D eigenvalue weighted by atomic mass is 16.5. The minimum atomic E-state index is -0.130. The summed E-state index contributed by atoms with van der Waals surface area (Å²) >= 11 is 0. The monoisotopic (exact) mass is 355 g/mol. The molecule has 0 saturated carbocycles. The number of hydrogen-bond acceptors (Lipinski definition) is 4. The fourth-order valence-electron chi connectivity index (χ4n) is 3.47. The van der Waals surface area contributed by atoms with Crippen molar-refractivity contribution in [3.8, 4) is 11.5 Å². The van der Waals surface area contributed by atoms with E-state index >= 15 is 0 Å². The number of nitrogens with one attached hydrogen (secondary N) is 1. The second-order valence-corrected chi connectivity index (χ2v) is 6.52. The van der Waals surface area contributed by atoms with Crippen LogP contribution in [0.15, 0.2) is 36.4 Å². The average molecular weight is 355 g/mol. The van der Waals surface area contributed by atoms with E-state index in [4.69, 9.17) is 14.2 Å². The smallest absolute Gasteiger partial charge is 0.254 e. The average Bonchev–Trinajstić information content (AvgIpc) is 2.96. The van der Waals surface area contributed by atoms with Gasteiger partial charge in [-0.15, -0.1) is 0 Å². The molecular weight excluding hydrogens is 330 g/mol. The molecular formula is C21H25NO4. The van der Waals surface area contributed by atoms with Gasteiger partial charge in [0.15, 0.2) is 0 Å². The molecule has 2 aromatic carbocycles. The Bertz CT molecular complexity index is 803. The molecule has 138 valence electrons. The van der Waals surface area contributed by atoms with Gasteiger partial charge in [0.1, 0.15) is 24.2 Å². The summed E-state index contributed by atoms with van der Waals surface area (Å²) in [6, 6.07) is 12.0. The normalized spacial score (nSPS) is 18.2. The highest BCUT2D eigenvalue weighted by Crippen LogP contribution is 2.45. The van der Waals surface area contributed by atoms with Gasteiger partial charge < -0.3 is 19.5 Å². The number of carbonyl (C=O) groups excluding carboxylic acids is 1. The van der Waals surface area contributed by atoms with E-state index in [2.05, 4.69) is 17.4 Å². The summed E-state index contributed by atoms with van der Waals surface area (Å²) in [5, 5.41) is 2.69. The molecule has 26 heavy (non-hydrogen) atoms. The van der Waals surface area contributed by atoms with Crippen molar-refractivity contribution < 1.29 is 19.0 Å². The summed E-state index contributed by atoms with van der Waals surface area (Å²) in [6.45, 7) is 5.08. The number of hydrogen-bond donors (Lipinski definition) is 1. The number of ether oxygens (including phenoxy) is 3. The van der Waals surface area contributed by atoms with Crippen LogP contribution in [0.2, 0.25) is 0 Å². The topological polar surface area (TPSA) is 56.8 Å². The van der Waals surface area contributed by atoms with Gasteiger partial charge in [0.2, 0.25) is 0 Å². The van der Waals surface area contributed by atoms with E-state index in [-0.39, 0.29) is 17.9 Å². The summed E-state index contributed by atoms with van der Waals surface area (Å²) in [5.74, 6) is 1.41. The minimum absolute atomic E-state index is 0.0549. The van der Waals surface area contributed by atoms with Crippen LogP contribution in [-0.4, -0.2) is 39.4 Å². The number of amides is 1. The second kappa shape index (κ2) is 7.79. The first-order valence-corrected chi connectivity index (χ1v) is 8.80. The third-order valence-electron chi connectivity index (χ3n) is 4.62. The Morgan fingerprint density at radius 2 is 2.04 bits per heavy atom. The summed E-state index contributed by atoms with van der Waals surface area (Å²) in [6.07, 6.45) is -0.0653. The van der Waals surface area contributed by atoms with Gasteiger partial charge >= 0.3 is 0 Å². The Labute approximate surface area is 154 Å². The maximum absolute atomic E-state index is 12.3. The molecule has 2 aromatic rings. The Kier molecular flexibility index (Phi) is 5.47. The van der Waals surface area contributed by atoms with Gasteiger partial charge in [-0.3, -0.25) is 4.79 Å². The zero-order valence-corrected chi connectivity index (χ0v) is 15.7. The fourth-order valence-corrected chi connectivity index (χ4v) is 3.47. The van der Waals surface area contributed by atoms with E-state index in [1.807, 2.05) is 38.1 Å². The van der Waals surface area contributed by atoms with E-state index in [0.717, 1.165) is 22.4 Å². The van der Waals surface area contributed by atoms with Crippen LogP contribution in [0.3, 0.4) is 0 Å². The SMILES string of the molecule is CNC(=O)c1cc(C)cc2c1OC(C)C2c1cccc(OCCOC)c1. The van der Waals surface area contributed by atoms with Gasteiger partial charge in [-0.25, -0.2) is 0 Å². The van der Waals surface area contributed by atoms with Crippen LogP contribution >= 0.6 is 0 Å². The summed E-state index contributed by atoms with van der Waals surface area (Å²) < 4.78 is 16.9. The largest absolute Gasteiger partial charge is 0.491 e. The van der Waals surface area contributed by atoms with Crippen molar-refractivity contribution in [1.29, 1.82) is 0 Å². The highest BCUT2D eigenvalue weighted by Gasteiger charge is 2.35. The number of rotatable bonds is 6. The van der Waals surface area contributed by atoms with Crippen molar-refractivity contribution in [3.05, 3.63) is 58.7 Å². The third-order valence-corrected chi connectivity index (χ3v) is 4.62. The number of benzene rings is 2. The number of methoxy groups -OCH3 is 1. The zero-order valence-electron chi connectivity index (χ0n) is 15.7.